The van der Waals surface area contributed by atoms with Crippen LogP contribution in [-0.4, -0.2) is 0 Å². The van der Waals surface area contributed by atoms with Crippen LogP contribution in [0.3, 0.4) is 0 Å². The molecule has 2 aromatic carbocycles. The number of hydrogen-bond acceptors (Lipinski definition) is 3. The van der Waals surface area contributed by atoms with Crippen LogP contribution in [0.15, 0.2) is 36.4 Å². The number of nitrogens with two attached hydrogens (primary N) is 2. The summed E-state index contributed by atoms with van der Waals surface area (Å²) in [7, 11) is 0. The first-order valence-corrected chi connectivity index (χ1v) is 6.11. The van der Waals surface area contributed by atoms with E-state index >= 15 is 0 Å². The SMILES string of the molecule is Nc1cc(N)c(C(F)(F)F)c(Oc2ccccc2)c1C(F)(F)F. The highest BCUT2D eigenvalue weighted by Crippen LogP contribution is 2.50. The quantitative estimate of drug-likeness (QED) is 0.618. The van der Waals surface area contributed by atoms with Gasteiger partial charge >= 0.3 is 12.4 Å². The second-order valence-electron chi connectivity index (χ2n) is 4.54. The number of halogens is 6. The Morgan fingerprint density at radius 3 is 1.57 bits per heavy atom. The molecule has 0 atom stereocenters. The summed E-state index contributed by atoms with van der Waals surface area (Å²) in [5.74, 6) is -1.68. The number of para-hydroxylation sites is 1. The lowest BCUT2D eigenvalue weighted by Gasteiger charge is -2.22. The normalized spacial score (nSPS) is 12.3. The number of hydrogen-bond donors (Lipinski definition) is 2. The van der Waals surface area contributed by atoms with E-state index in [1.165, 1.54) is 30.3 Å². The van der Waals surface area contributed by atoms with Crippen LogP contribution in [0.1, 0.15) is 11.1 Å². The zero-order valence-corrected chi connectivity index (χ0v) is 11.3. The van der Waals surface area contributed by atoms with Crippen molar-refractivity contribution in [1.82, 2.24) is 0 Å². The molecular formula is C14H10F6N2O. The Balaban J connectivity index is 2.78. The van der Waals surface area contributed by atoms with Crippen molar-refractivity contribution >= 4 is 11.4 Å². The molecule has 0 aliphatic carbocycles. The van der Waals surface area contributed by atoms with E-state index in [9.17, 15) is 26.3 Å². The van der Waals surface area contributed by atoms with Gasteiger partial charge in [-0.15, -0.1) is 0 Å². The fourth-order valence-corrected chi connectivity index (χ4v) is 1.99. The molecule has 0 spiro atoms. The van der Waals surface area contributed by atoms with E-state index in [0.717, 1.165) is 0 Å². The monoisotopic (exact) mass is 336 g/mol. The zero-order chi connectivity index (χ0) is 17.4. The molecule has 124 valence electrons. The van der Waals surface area contributed by atoms with Gasteiger partial charge in [0, 0.05) is 11.4 Å². The molecule has 0 fully saturated rings. The molecule has 2 aromatic rings. The summed E-state index contributed by atoms with van der Waals surface area (Å²) in [5, 5.41) is 0. The Bertz CT molecular complexity index is 672. The van der Waals surface area contributed by atoms with Gasteiger partial charge in [0.2, 0.25) is 0 Å². The summed E-state index contributed by atoms with van der Waals surface area (Å²) < 4.78 is 83.7. The molecule has 0 aliphatic heterocycles. The van der Waals surface area contributed by atoms with Crippen molar-refractivity contribution in [3.8, 4) is 11.5 Å². The van der Waals surface area contributed by atoms with Gasteiger partial charge in [-0.1, -0.05) is 18.2 Å². The van der Waals surface area contributed by atoms with Crippen LogP contribution < -0.4 is 16.2 Å². The highest BCUT2D eigenvalue weighted by Gasteiger charge is 2.45. The Morgan fingerprint density at radius 1 is 0.739 bits per heavy atom. The van der Waals surface area contributed by atoms with Gasteiger partial charge in [0.25, 0.3) is 0 Å². The molecule has 0 heterocycles. The summed E-state index contributed by atoms with van der Waals surface area (Å²) in [4.78, 5) is 0. The summed E-state index contributed by atoms with van der Waals surface area (Å²) in [6, 6.07) is 7.15. The summed E-state index contributed by atoms with van der Waals surface area (Å²) >= 11 is 0. The predicted molar refractivity (Wildman–Crippen MR) is 71.8 cm³/mol. The Kier molecular flexibility index (Phi) is 4.06. The molecule has 0 aromatic heterocycles. The molecule has 23 heavy (non-hydrogen) atoms. The lowest BCUT2D eigenvalue weighted by Crippen LogP contribution is -2.18. The predicted octanol–water partition coefficient (Wildman–Crippen LogP) is 4.68. The number of benzene rings is 2. The molecule has 0 radical (unpaired) electrons. The average molecular weight is 336 g/mol. The number of rotatable bonds is 2. The van der Waals surface area contributed by atoms with E-state index in [0.29, 0.717) is 6.07 Å². The first-order chi connectivity index (χ1) is 10.5. The van der Waals surface area contributed by atoms with E-state index in [1.807, 2.05) is 0 Å². The topological polar surface area (TPSA) is 61.3 Å². The third-order valence-electron chi connectivity index (χ3n) is 2.87. The molecule has 0 unspecified atom stereocenters. The van der Waals surface area contributed by atoms with Crippen LogP contribution in [0.5, 0.6) is 11.5 Å². The fraction of sp³-hybridized carbons (Fsp3) is 0.143. The average Bonchev–Trinajstić information content (AvgIpc) is 2.35. The van der Waals surface area contributed by atoms with Gasteiger partial charge in [-0.2, -0.15) is 26.3 Å². The minimum absolute atomic E-state index is 0.214. The van der Waals surface area contributed by atoms with Gasteiger partial charge in [0.1, 0.15) is 16.9 Å². The summed E-state index contributed by atoms with van der Waals surface area (Å²) in [6.07, 6.45) is -10.3. The van der Waals surface area contributed by atoms with Crippen molar-refractivity contribution in [2.75, 3.05) is 11.5 Å². The van der Waals surface area contributed by atoms with Gasteiger partial charge in [0.05, 0.1) is 0 Å². The van der Waals surface area contributed by atoms with E-state index in [4.69, 9.17) is 16.2 Å². The standard InChI is InChI=1S/C14H10F6N2O/c15-13(16,17)10-8(21)6-9(22)11(14(18,19)20)12(10)23-7-4-2-1-3-5-7/h1-6H,21-22H2. The third kappa shape index (κ3) is 3.43. The van der Waals surface area contributed by atoms with Crippen molar-refractivity contribution in [2.24, 2.45) is 0 Å². The number of alkyl halides is 6. The molecule has 2 rings (SSSR count). The van der Waals surface area contributed by atoms with Crippen LogP contribution in [0.2, 0.25) is 0 Å². The van der Waals surface area contributed by atoms with Crippen molar-refractivity contribution in [2.45, 2.75) is 12.4 Å². The van der Waals surface area contributed by atoms with Gasteiger partial charge in [-0.05, 0) is 18.2 Å². The molecule has 3 nitrogen and oxygen atoms in total. The maximum absolute atomic E-state index is 13.1. The van der Waals surface area contributed by atoms with Crippen molar-refractivity contribution in [3.63, 3.8) is 0 Å². The van der Waals surface area contributed by atoms with Gasteiger partial charge in [-0.25, -0.2) is 0 Å². The van der Waals surface area contributed by atoms with E-state index in [2.05, 4.69) is 0 Å². The van der Waals surface area contributed by atoms with E-state index in [-0.39, 0.29) is 5.75 Å². The number of nitrogen functional groups attached to an aromatic ring is 2. The molecule has 0 saturated heterocycles. The second-order valence-corrected chi connectivity index (χ2v) is 4.54. The van der Waals surface area contributed by atoms with Crippen LogP contribution in [0.4, 0.5) is 37.7 Å². The van der Waals surface area contributed by atoms with E-state index < -0.39 is 40.6 Å². The lowest BCUT2D eigenvalue weighted by atomic mass is 10.0. The maximum Gasteiger partial charge on any atom is 0.421 e. The van der Waals surface area contributed by atoms with Crippen LogP contribution >= 0.6 is 0 Å². The Labute approximate surface area is 126 Å². The van der Waals surface area contributed by atoms with Crippen molar-refractivity contribution in [1.29, 1.82) is 0 Å². The highest BCUT2D eigenvalue weighted by molar-refractivity contribution is 5.71. The lowest BCUT2D eigenvalue weighted by molar-refractivity contribution is -0.144. The molecule has 9 heteroatoms. The largest absolute Gasteiger partial charge is 0.456 e. The molecule has 0 aliphatic rings. The molecule has 4 N–H and O–H groups in total. The first-order valence-electron chi connectivity index (χ1n) is 6.11. The smallest absolute Gasteiger partial charge is 0.421 e. The Hall–Kier alpha value is -2.58. The van der Waals surface area contributed by atoms with Gasteiger partial charge in [0.15, 0.2) is 5.75 Å². The maximum atomic E-state index is 13.1. The molecule has 0 bridgehead atoms. The third-order valence-corrected chi connectivity index (χ3v) is 2.87. The summed E-state index contributed by atoms with van der Waals surface area (Å²) in [6.45, 7) is 0. The van der Waals surface area contributed by atoms with Crippen LogP contribution in [-0.2, 0) is 12.4 Å². The van der Waals surface area contributed by atoms with Gasteiger partial charge < -0.3 is 16.2 Å². The van der Waals surface area contributed by atoms with Crippen LogP contribution in [0, 0.1) is 0 Å². The minimum Gasteiger partial charge on any atom is -0.456 e. The number of ether oxygens (including phenoxy) is 1. The molecule has 0 amide bonds. The van der Waals surface area contributed by atoms with E-state index in [1.54, 1.807) is 0 Å². The van der Waals surface area contributed by atoms with Crippen molar-refractivity contribution in [3.05, 3.63) is 47.5 Å². The molecular weight excluding hydrogens is 326 g/mol. The zero-order valence-electron chi connectivity index (χ0n) is 11.3. The second kappa shape index (κ2) is 5.56. The van der Waals surface area contributed by atoms with Gasteiger partial charge in [-0.3, -0.25) is 0 Å². The Morgan fingerprint density at radius 2 is 1.17 bits per heavy atom. The summed E-state index contributed by atoms with van der Waals surface area (Å²) in [5.41, 5.74) is 5.11. The highest BCUT2D eigenvalue weighted by atomic mass is 19.4. The first kappa shape index (κ1) is 16.8. The number of anilines is 2. The van der Waals surface area contributed by atoms with Crippen molar-refractivity contribution < 1.29 is 31.1 Å². The fourth-order valence-electron chi connectivity index (χ4n) is 1.99. The molecule has 0 saturated carbocycles. The van der Waals surface area contributed by atoms with Crippen LogP contribution in [0.25, 0.3) is 0 Å². The minimum atomic E-state index is -5.15.